The van der Waals surface area contributed by atoms with Gasteiger partial charge in [0.2, 0.25) is 5.91 Å². The van der Waals surface area contributed by atoms with E-state index >= 15 is 0 Å². The van der Waals surface area contributed by atoms with E-state index < -0.39 is 42.7 Å². The number of carbonyl (C=O) groups excluding carboxylic acids is 2. The highest BCUT2D eigenvalue weighted by atomic mass is 19.3. The molecule has 0 aromatic carbocycles. The number of amides is 2. The maximum Gasteiger partial charge on any atom is 0.408 e. The molecule has 0 bridgehead atoms. The summed E-state index contributed by atoms with van der Waals surface area (Å²) in [6, 6.07) is -0.863. The van der Waals surface area contributed by atoms with Crippen molar-refractivity contribution in [1.29, 1.82) is 0 Å². The minimum Gasteiger partial charge on any atom is -0.444 e. The summed E-state index contributed by atoms with van der Waals surface area (Å²) in [6.07, 6.45) is 0.922. The molecule has 0 aliphatic carbocycles. The molecule has 0 radical (unpaired) electrons. The molecule has 0 saturated carbocycles. The van der Waals surface area contributed by atoms with Crippen molar-refractivity contribution < 1.29 is 23.1 Å². The number of rotatable bonds is 6. The second kappa shape index (κ2) is 7.21. The Morgan fingerprint density at radius 1 is 1.32 bits per heavy atom. The van der Waals surface area contributed by atoms with Gasteiger partial charge < -0.3 is 20.7 Å². The van der Waals surface area contributed by atoms with Gasteiger partial charge in [0.1, 0.15) is 11.6 Å². The van der Waals surface area contributed by atoms with Gasteiger partial charge >= 0.3 is 6.09 Å². The number of alkyl carbamates (subject to hydrolysis) is 1. The number of carbonyl (C=O) groups is 2. The smallest absolute Gasteiger partial charge is 0.408 e. The van der Waals surface area contributed by atoms with Gasteiger partial charge in [0.05, 0.1) is 13.1 Å². The Balaban J connectivity index is 2.59. The van der Waals surface area contributed by atoms with Crippen LogP contribution >= 0.6 is 0 Å². The van der Waals surface area contributed by atoms with E-state index in [1.807, 2.05) is 0 Å². The summed E-state index contributed by atoms with van der Waals surface area (Å²) in [5.74, 6) is -3.34. The summed E-state index contributed by atoms with van der Waals surface area (Å²) in [6.45, 7) is 4.37. The average Bonchev–Trinajstić information content (AvgIpc) is 2.31. The van der Waals surface area contributed by atoms with Gasteiger partial charge in [-0.25, -0.2) is 13.6 Å². The van der Waals surface area contributed by atoms with Gasteiger partial charge in [-0.3, -0.25) is 4.79 Å². The molecular weight excluding hydrogens is 296 g/mol. The standard InChI is InChI=1S/C14H25F2N3O3/c1-13(2,3)22-12(21)18-10(6-4-5-7-17)11(20)19-8-14(15,16)9-19/h10H,4-9,17H2,1-3H3,(H,18,21). The van der Waals surface area contributed by atoms with Crippen molar-refractivity contribution in [1.82, 2.24) is 10.2 Å². The molecular formula is C14H25F2N3O3. The van der Waals surface area contributed by atoms with Gasteiger partial charge in [0, 0.05) is 0 Å². The first kappa shape index (κ1) is 18.6. The lowest BCUT2D eigenvalue weighted by atomic mass is 10.0. The highest BCUT2D eigenvalue weighted by Gasteiger charge is 2.47. The summed E-state index contributed by atoms with van der Waals surface area (Å²) in [4.78, 5) is 25.0. The van der Waals surface area contributed by atoms with Crippen LogP contribution in [0.4, 0.5) is 13.6 Å². The second-order valence-corrected chi connectivity index (χ2v) is 6.53. The summed E-state index contributed by atoms with van der Waals surface area (Å²) in [5, 5.41) is 2.47. The van der Waals surface area contributed by atoms with E-state index in [4.69, 9.17) is 10.5 Å². The molecule has 6 nitrogen and oxygen atoms in total. The molecule has 0 aromatic heterocycles. The first-order chi connectivity index (χ1) is 10.0. The molecule has 1 rings (SSSR count). The number of nitrogens with two attached hydrogens (primary N) is 1. The number of halogens is 2. The molecule has 1 saturated heterocycles. The lowest BCUT2D eigenvalue weighted by Crippen LogP contribution is -2.62. The van der Waals surface area contributed by atoms with Gasteiger partial charge in [-0.1, -0.05) is 0 Å². The molecule has 0 aromatic rings. The number of hydrogen-bond donors (Lipinski definition) is 2. The van der Waals surface area contributed by atoms with Crippen LogP contribution in [-0.4, -0.2) is 54.1 Å². The minimum absolute atomic E-state index is 0.345. The zero-order valence-electron chi connectivity index (χ0n) is 13.3. The van der Waals surface area contributed by atoms with Crippen molar-refractivity contribution in [2.75, 3.05) is 19.6 Å². The third-order valence-electron chi connectivity index (χ3n) is 3.09. The van der Waals surface area contributed by atoms with E-state index in [0.29, 0.717) is 25.8 Å². The van der Waals surface area contributed by atoms with Crippen LogP contribution in [0.2, 0.25) is 0 Å². The third-order valence-corrected chi connectivity index (χ3v) is 3.09. The van der Waals surface area contributed by atoms with Crippen molar-refractivity contribution in [2.24, 2.45) is 5.73 Å². The number of nitrogens with zero attached hydrogens (tertiary/aromatic N) is 1. The Morgan fingerprint density at radius 3 is 2.36 bits per heavy atom. The van der Waals surface area contributed by atoms with E-state index in [1.165, 1.54) is 0 Å². The lowest BCUT2D eigenvalue weighted by molar-refractivity contribution is -0.167. The molecule has 2 amide bonds. The fourth-order valence-corrected chi connectivity index (χ4v) is 2.09. The molecule has 1 atom stereocenters. The normalized spacial score (nSPS) is 18.4. The lowest BCUT2D eigenvalue weighted by Gasteiger charge is -2.40. The Kier molecular flexibility index (Phi) is 6.10. The van der Waals surface area contributed by atoms with Crippen molar-refractivity contribution >= 4 is 12.0 Å². The number of unbranched alkanes of at least 4 members (excludes halogenated alkanes) is 1. The zero-order valence-corrected chi connectivity index (χ0v) is 13.3. The third kappa shape index (κ3) is 6.13. The van der Waals surface area contributed by atoms with E-state index in [1.54, 1.807) is 20.8 Å². The van der Waals surface area contributed by atoms with E-state index in [2.05, 4.69) is 5.32 Å². The molecule has 1 unspecified atom stereocenters. The quantitative estimate of drug-likeness (QED) is 0.726. The van der Waals surface area contributed by atoms with Gasteiger partial charge in [0.15, 0.2) is 0 Å². The van der Waals surface area contributed by atoms with E-state index in [-0.39, 0.29) is 0 Å². The largest absolute Gasteiger partial charge is 0.444 e. The van der Waals surface area contributed by atoms with E-state index in [9.17, 15) is 18.4 Å². The van der Waals surface area contributed by atoms with Crippen LogP contribution in [0.1, 0.15) is 40.0 Å². The van der Waals surface area contributed by atoms with Crippen LogP contribution in [-0.2, 0) is 9.53 Å². The molecule has 3 N–H and O–H groups in total. The molecule has 128 valence electrons. The molecule has 22 heavy (non-hydrogen) atoms. The zero-order chi connectivity index (χ0) is 17.0. The Hall–Kier alpha value is -1.44. The van der Waals surface area contributed by atoms with Gasteiger partial charge in [0.25, 0.3) is 5.92 Å². The first-order valence-electron chi connectivity index (χ1n) is 7.40. The second-order valence-electron chi connectivity index (χ2n) is 6.53. The molecule has 0 spiro atoms. The summed E-state index contributed by atoms with van der Waals surface area (Å²) in [5.41, 5.74) is 4.71. The average molecular weight is 321 g/mol. The highest BCUT2D eigenvalue weighted by molar-refractivity contribution is 5.86. The van der Waals surface area contributed by atoms with Crippen molar-refractivity contribution in [3.63, 3.8) is 0 Å². The van der Waals surface area contributed by atoms with Crippen LogP contribution in [0, 0.1) is 0 Å². The number of nitrogens with one attached hydrogen (secondary N) is 1. The monoisotopic (exact) mass is 321 g/mol. The maximum absolute atomic E-state index is 12.9. The fraction of sp³-hybridized carbons (Fsp3) is 0.857. The predicted octanol–water partition coefficient (Wildman–Crippen LogP) is 1.49. The number of likely N-dealkylation sites (tertiary alicyclic amines) is 1. The van der Waals surface area contributed by atoms with Crippen LogP contribution in [0.5, 0.6) is 0 Å². The minimum atomic E-state index is -2.83. The predicted molar refractivity (Wildman–Crippen MR) is 77.6 cm³/mol. The molecule has 8 heteroatoms. The van der Waals surface area contributed by atoms with Gasteiger partial charge in [-0.15, -0.1) is 0 Å². The number of ether oxygens (including phenoxy) is 1. The highest BCUT2D eigenvalue weighted by Crippen LogP contribution is 2.27. The molecule has 1 heterocycles. The SMILES string of the molecule is CC(C)(C)OC(=O)NC(CCCCN)C(=O)N1CC(F)(F)C1. The van der Waals surface area contributed by atoms with Gasteiger partial charge in [-0.2, -0.15) is 0 Å². The Labute approximate surface area is 129 Å². The van der Waals surface area contributed by atoms with Crippen molar-refractivity contribution in [3.8, 4) is 0 Å². The van der Waals surface area contributed by atoms with Crippen molar-refractivity contribution in [2.45, 2.75) is 57.6 Å². The Bertz CT molecular complexity index is 403. The summed E-state index contributed by atoms with van der Waals surface area (Å²) in [7, 11) is 0. The topological polar surface area (TPSA) is 84.7 Å². The van der Waals surface area contributed by atoms with Crippen LogP contribution < -0.4 is 11.1 Å². The fourth-order valence-electron chi connectivity index (χ4n) is 2.09. The molecule has 1 fully saturated rings. The molecule has 1 aliphatic rings. The van der Waals surface area contributed by atoms with Crippen molar-refractivity contribution in [3.05, 3.63) is 0 Å². The van der Waals surface area contributed by atoms with Crippen LogP contribution in [0.15, 0.2) is 0 Å². The number of alkyl halides is 2. The van der Waals surface area contributed by atoms with Crippen LogP contribution in [0.3, 0.4) is 0 Å². The van der Waals surface area contributed by atoms with Crippen LogP contribution in [0.25, 0.3) is 0 Å². The summed E-state index contributed by atoms with van der Waals surface area (Å²) >= 11 is 0. The first-order valence-corrected chi connectivity index (χ1v) is 7.40. The van der Waals surface area contributed by atoms with Gasteiger partial charge in [-0.05, 0) is 46.6 Å². The summed E-state index contributed by atoms with van der Waals surface area (Å²) < 4.78 is 30.9. The maximum atomic E-state index is 12.9. The molecule has 1 aliphatic heterocycles. The Morgan fingerprint density at radius 2 is 1.91 bits per heavy atom. The van der Waals surface area contributed by atoms with E-state index in [0.717, 1.165) is 4.90 Å². The number of hydrogen-bond acceptors (Lipinski definition) is 4.